The SMILES string of the molecule is Cc1cc(C)c2c(n1)sc1c(C3CCN(C(=O)C4(C)CC4)CC3)ncnc12. The maximum atomic E-state index is 12.6. The second kappa shape index (κ2) is 5.96. The maximum Gasteiger partial charge on any atom is 0.228 e. The second-order valence-electron chi connectivity index (χ2n) is 8.43. The van der Waals surface area contributed by atoms with Crippen molar-refractivity contribution < 1.29 is 4.79 Å². The van der Waals surface area contributed by atoms with Crippen LogP contribution in [0.1, 0.15) is 55.5 Å². The van der Waals surface area contributed by atoms with Crippen LogP contribution in [0.2, 0.25) is 0 Å². The number of amides is 1. The van der Waals surface area contributed by atoms with E-state index in [-0.39, 0.29) is 5.41 Å². The molecule has 0 unspecified atom stereocenters. The van der Waals surface area contributed by atoms with Gasteiger partial charge >= 0.3 is 0 Å². The van der Waals surface area contributed by atoms with Crippen LogP contribution in [-0.4, -0.2) is 38.8 Å². The summed E-state index contributed by atoms with van der Waals surface area (Å²) in [4.78, 5) is 29.7. The number of fused-ring (bicyclic) bond motifs is 3. The van der Waals surface area contributed by atoms with Crippen molar-refractivity contribution in [1.82, 2.24) is 19.9 Å². The number of likely N-dealkylation sites (tertiary alicyclic amines) is 1. The van der Waals surface area contributed by atoms with Gasteiger partial charge in [-0.2, -0.15) is 0 Å². The molecule has 5 rings (SSSR count). The van der Waals surface area contributed by atoms with E-state index >= 15 is 0 Å². The van der Waals surface area contributed by atoms with E-state index in [0.29, 0.717) is 11.8 Å². The predicted octanol–water partition coefficient (Wildman–Crippen LogP) is 4.36. The first-order valence-corrected chi connectivity index (χ1v) is 10.6. The lowest BCUT2D eigenvalue weighted by Crippen LogP contribution is -2.41. The van der Waals surface area contributed by atoms with Crippen LogP contribution in [0.15, 0.2) is 12.4 Å². The van der Waals surface area contributed by atoms with E-state index in [0.717, 1.165) is 60.5 Å². The monoisotopic (exact) mass is 380 g/mol. The van der Waals surface area contributed by atoms with Crippen LogP contribution in [0, 0.1) is 19.3 Å². The lowest BCUT2D eigenvalue weighted by Gasteiger charge is -2.33. The molecule has 0 atom stereocenters. The van der Waals surface area contributed by atoms with Crippen LogP contribution in [0.25, 0.3) is 20.4 Å². The van der Waals surface area contributed by atoms with Crippen molar-refractivity contribution in [2.75, 3.05) is 13.1 Å². The molecule has 1 saturated carbocycles. The molecule has 3 aromatic heterocycles. The van der Waals surface area contributed by atoms with Crippen molar-refractivity contribution in [2.24, 2.45) is 5.41 Å². The number of rotatable bonds is 2. The number of aromatic nitrogens is 3. The van der Waals surface area contributed by atoms with Crippen molar-refractivity contribution in [3.63, 3.8) is 0 Å². The lowest BCUT2D eigenvalue weighted by molar-refractivity contribution is -0.137. The predicted molar refractivity (Wildman–Crippen MR) is 108 cm³/mol. The van der Waals surface area contributed by atoms with Crippen molar-refractivity contribution >= 4 is 37.7 Å². The normalized spacial score (nSPS) is 19.7. The zero-order valence-corrected chi connectivity index (χ0v) is 16.9. The highest BCUT2D eigenvalue weighted by Gasteiger charge is 2.47. The molecule has 2 aliphatic rings. The fourth-order valence-electron chi connectivity index (χ4n) is 4.36. The minimum Gasteiger partial charge on any atom is -0.342 e. The zero-order valence-electron chi connectivity index (χ0n) is 16.1. The van der Waals surface area contributed by atoms with Gasteiger partial charge < -0.3 is 4.90 Å². The van der Waals surface area contributed by atoms with Crippen molar-refractivity contribution in [3.05, 3.63) is 29.3 Å². The smallest absolute Gasteiger partial charge is 0.228 e. The first-order chi connectivity index (χ1) is 13.0. The summed E-state index contributed by atoms with van der Waals surface area (Å²) in [6.07, 6.45) is 5.75. The highest BCUT2D eigenvalue weighted by atomic mass is 32.1. The second-order valence-corrected chi connectivity index (χ2v) is 9.43. The van der Waals surface area contributed by atoms with Gasteiger partial charge in [0.05, 0.1) is 15.9 Å². The van der Waals surface area contributed by atoms with Gasteiger partial charge in [0.25, 0.3) is 0 Å². The van der Waals surface area contributed by atoms with Gasteiger partial charge in [-0.15, -0.1) is 11.3 Å². The number of nitrogens with zero attached hydrogens (tertiary/aromatic N) is 4. The number of carbonyl (C=O) groups excluding carboxylic acids is 1. The molecule has 1 saturated heterocycles. The summed E-state index contributed by atoms with van der Waals surface area (Å²) in [7, 11) is 0. The lowest BCUT2D eigenvalue weighted by atomic mass is 9.92. The van der Waals surface area contributed by atoms with E-state index in [9.17, 15) is 4.79 Å². The molecule has 0 aromatic carbocycles. The summed E-state index contributed by atoms with van der Waals surface area (Å²) < 4.78 is 1.17. The van der Waals surface area contributed by atoms with Crippen LogP contribution in [0.4, 0.5) is 0 Å². The summed E-state index contributed by atoms with van der Waals surface area (Å²) in [5, 5.41) is 1.17. The van der Waals surface area contributed by atoms with E-state index in [2.05, 4.69) is 34.8 Å². The van der Waals surface area contributed by atoms with E-state index in [4.69, 9.17) is 4.98 Å². The van der Waals surface area contributed by atoms with Gasteiger partial charge in [-0.3, -0.25) is 4.79 Å². The standard InChI is InChI=1S/C21H24N4OS/c1-12-10-13(2)24-19-15(12)17-18(27-19)16(22-11-23-17)14-4-8-25(9-5-14)20(26)21(3)6-7-21/h10-11,14H,4-9H2,1-3H3. The Hall–Kier alpha value is -2.08. The Balaban J connectivity index is 1.47. The molecule has 4 heterocycles. The zero-order chi connectivity index (χ0) is 18.8. The average Bonchev–Trinajstić information content (AvgIpc) is 3.29. The molecule has 6 heteroatoms. The molecule has 3 aromatic rings. The Morgan fingerprint density at radius 3 is 2.67 bits per heavy atom. The summed E-state index contributed by atoms with van der Waals surface area (Å²) in [6.45, 7) is 7.95. The number of aryl methyl sites for hydroxylation is 2. The highest BCUT2D eigenvalue weighted by Crippen LogP contribution is 2.47. The number of carbonyl (C=O) groups is 1. The van der Waals surface area contributed by atoms with Crippen LogP contribution < -0.4 is 0 Å². The molecule has 2 fully saturated rings. The third kappa shape index (κ3) is 2.73. The molecule has 27 heavy (non-hydrogen) atoms. The molecule has 140 valence electrons. The Kier molecular flexibility index (Phi) is 3.76. The topological polar surface area (TPSA) is 59.0 Å². The van der Waals surface area contributed by atoms with E-state index < -0.39 is 0 Å². The Bertz CT molecular complexity index is 1060. The Morgan fingerprint density at radius 2 is 1.96 bits per heavy atom. The van der Waals surface area contributed by atoms with Crippen molar-refractivity contribution in [3.8, 4) is 0 Å². The number of hydrogen-bond acceptors (Lipinski definition) is 5. The van der Waals surface area contributed by atoms with Crippen LogP contribution in [0.5, 0.6) is 0 Å². The fraction of sp³-hybridized carbons (Fsp3) is 0.524. The van der Waals surface area contributed by atoms with Crippen molar-refractivity contribution in [1.29, 1.82) is 0 Å². The summed E-state index contributed by atoms with van der Waals surface area (Å²) >= 11 is 1.71. The Morgan fingerprint density at radius 1 is 1.22 bits per heavy atom. The number of piperidine rings is 1. The minimum absolute atomic E-state index is 0.0679. The molecule has 0 N–H and O–H groups in total. The van der Waals surface area contributed by atoms with Crippen LogP contribution >= 0.6 is 11.3 Å². The summed E-state index contributed by atoms with van der Waals surface area (Å²) in [5.41, 5.74) is 4.38. The minimum atomic E-state index is -0.0679. The van der Waals surface area contributed by atoms with Gasteiger partial charge in [-0.25, -0.2) is 15.0 Å². The molecule has 1 amide bonds. The van der Waals surface area contributed by atoms with Crippen LogP contribution in [0.3, 0.4) is 0 Å². The van der Waals surface area contributed by atoms with Gasteiger partial charge in [0.1, 0.15) is 11.2 Å². The van der Waals surface area contributed by atoms with E-state index in [1.807, 2.05) is 6.92 Å². The molecule has 0 spiro atoms. The Labute approximate surface area is 162 Å². The molecular weight excluding hydrogens is 356 g/mol. The van der Waals surface area contributed by atoms with Gasteiger partial charge in [0, 0.05) is 35.5 Å². The maximum absolute atomic E-state index is 12.6. The molecule has 1 aliphatic heterocycles. The van der Waals surface area contributed by atoms with E-state index in [1.165, 1.54) is 15.6 Å². The molecular formula is C21H24N4OS. The molecule has 5 nitrogen and oxygen atoms in total. The number of hydrogen-bond donors (Lipinski definition) is 0. The average molecular weight is 381 g/mol. The third-order valence-corrected chi connectivity index (χ3v) is 7.36. The quantitative estimate of drug-likeness (QED) is 0.663. The third-order valence-electron chi connectivity index (χ3n) is 6.26. The molecule has 0 radical (unpaired) electrons. The van der Waals surface area contributed by atoms with E-state index in [1.54, 1.807) is 17.7 Å². The largest absolute Gasteiger partial charge is 0.342 e. The van der Waals surface area contributed by atoms with Gasteiger partial charge in [-0.1, -0.05) is 6.92 Å². The van der Waals surface area contributed by atoms with Gasteiger partial charge in [0.2, 0.25) is 5.91 Å². The van der Waals surface area contributed by atoms with Gasteiger partial charge in [0.15, 0.2) is 0 Å². The number of pyridine rings is 1. The molecule has 0 bridgehead atoms. The van der Waals surface area contributed by atoms with Crippen LogP contribution in [-0.2, 0) is 4.79 Å². The first-order valence-electron chi connectivity index (χ1n) is 9.77. The fourth-order valence-corrected chi connectivity index (χ4v) is 5.68. The molecule has 1 aliphatic carbocycles. The van der Waals surface area contributed by atoms with Gasteiger partial charge in [-0.05, 0) is 51.2 Å². The van der Waals surface area contributed by atoms with Crippen molar-refractivity contribution in [2.45, 2.75) is 52.4 Å². The summed E-state index contributed by atoms with van der Waals surface area (Å²) in [6, 6.07) is 2.12. The number of thiophene rings is 1. The first kappa shape index (κ1) is 17.0. The summed E-state index contributed by atoms with van der Waals surface area (Å²) in [5.74, 6) is 0.743. The highest BCUT2D eigenvalue weighted by molar-refractivity contribution is 7.25.